The van der Waals surface area contributed by atoms with Crippen LogP contribution in [0.4, 0.5) is 0 Å². The third-order valence-corrected chi connectivity index (χ3v) is 6.61. The van der Waals surface area contributed by atoms with Crippen LogP contribution in [0.3, 0.4) is 0 Å². The molecule has 0 saturated heterocycles. The molecule has 0 atom stereocenters. The number of nitrogens with zero attached hydrogens (tertiary/aromatic N) is 1. The van der Waals surface area contributed by atoms with Crippen molar-refractivity contribution in [1.29, 1.82) is 0 Å². The van der Waals surface area contributed by atoms with Gasteiger partial charge < -0.3 is 5.11 Å². The molecule has 1 saturated carbocycles. The third kappa shape index (κ3) is 2.87. The minimum Gasteiger partial charge on any atom is -0.389 e. The molecule has 2 N–H and O–H groups in total. The lowest BCUT2D eigenvalue weighted by Crippen LogP contribution is -2.47. The number of hydrogen-bond acceptors (Lipinski definition) is 5. The largest absolute Gasteiger partial charge is 0.389 e. The summed E-state index contributed by atoms with van der Waals surface area (Å²) < 4.78 is 26.9. The van der Waals surface area contributed by atoms with Gasteiger partial charge in [0.2, 0.25) is 4.34 Å². The van der Waals surface area contributed by atoms with Crippen LogP contribution in [0.25, 0.3) is 0 Å². The standard InChI is InChI=1S/C9H13BrN2O3S2/c1-6-7(10)16-8(12-6)17(14,15)11-5-9(13)3-2-4-9/h11,13H,2-5H2,1H3. The number of aromatic nitrogens is 1. The molecule has 1 aliphatic rings. The molecule has 1 aromatic heterocycles. The lowest BCUT2D eigenvalue weighted by Gasteiger charge is -2.36. The minimum absolute atomic E-state index is 0.0322. The Morgan fingerprint density at radius 3 is 2.65 bits per heavy atom. The molecule has 1 aliphatic carbocycles. The first-order valence-corrected chi connectivity index (χ1v) is 8.27. The number of aliphatic hydroxyl groups is 1. The highest BCUT2D eigenvalue weighted by Gasteiger charge is 2.36. The number of hydrogen-bond donors (Lipinski definition) is 2. The van der Waals surface area contributed by atoms with Crippen LogP contribution >= 0.6 is 27.3 Å². The Balaban J connectivity index is 2.08. The molecule has 0 spiro atoms. The molecule has 5 nitrogen and oxygen atoms in total. The number of rotatable bonds is 4. The Kier molecular flexibility index (Phi) is 3.61. The second-order valence-electron chi connectivity index (χ2n) is 4.24. The Labute approximate surface area is 112 Å². The number of sulfonamides is 1. The SMILES string of the molecule is Cc1nc(S(=O)(=O)NCC2(O)CCC2)sc1Br. The summed E-state index contributed by atoms with van der Waals surface area (Å²) in [6, 6.07) is 0. The molecule has 0 aliphatic heterocycles. The topological polar surface area (TPSA) is 79.3 Å². The van der Waals surface area contributed by atoms with Crippen molar-refractivity contribution in [2.75, 3.05) is 6.54 Å². The first kappa shape index (κ1) is 13.4. The average molecular weight is 341 g/mol. The van der Waals surface area contributed by atoms with Crippen molar-refractivity contribution < 1.29 is 13.5 Å². The van der Waals surface area contributed by atoms with E-state index in [9.17, 15) is 13.5 Å². The molecule has 1 aromatic rings. The maximum atomic E-state index is 11.9. The number of nitrogens with one attached hydrogen (secondary N) is 1. The maximum Gasteiger partial charge on any atom is 0.268 e. The third-order valence-electron chi connectivity index (χ3n) is 2.83. The molecule has 8 heteroatoms. The first-order valence-electron chi connectivity index (χ1n) is 5.17. The van der Waals surface area contributed by atoms with Gasteiger partial charge in [0.1, 0.15) is 0 Å². The van der Waals surface area contributed by atoms with Crippen LogP contribution in [0.15, 0.2) is 8.13 Å². The monoisotopic (exact) mass is 340 g/mol. The van der Waals surface area contributed by atoms with E-state index in [-0.39, 0.29) is 10.9 Å². The average Bonchev–Trinajstić information content (AvgIpc) is 2.54. The quantitative estimate of drug-likeness (QED) is 0.868. The second kappa shape index (κ2) is 4.58. The molecule has 0 amide bonds. The number of halogens is 1. The molecule has 2 rings (SSSR count). The van der Waals surface area contributed by atoms with Gasteiger partial charge in [0.25, 0.3) is 10.0 Å². The first-order chi connectivity index (χ1) is 7.82. The molecule has 0 unspecified atom stereocenters. The van der Waals surface area contributed by atoms with Gasteiger partial charge in [-0.2, -0.15) is 0 Å². The van der Waals surface area contributed by atoms with E-state index in [1.54, 1.807) is 6.92 Å². The summed E-state index contributed by atoms with van der Waals surface area (Å²) in [5.74, 6) is 0. The summed E-state index contributed by atoms with van der Waals surface area (Å²) in [7, 11) is -3.60. The zero-order chi connectivity index (χ0) is 12.7. The highest BCUT2D eigenvalue weighted by Crippen LogP contribution is 2.32. The van der Waals surface area contributed by atoms with Crippen LogP contribution in [-0.2, 0) is 10.0 Å². The molecule has 0 aromatic carbocycles. The highest BCUT2D eigenvalue weighted by atomic mass is 79.9. The molecule has 0 bridgehead atoms. The molecule has 96 valence electrons. The summed E-state index contributed by atoms with van der Waals surface area (Å²) in [5.41, 5.74) is -0.214. The second-order valence-corrected chi connectivity index (χ2v) is 8.50. The Bertz CT molecular complexity index is 503. The van der Waals surface area contributed by atoms with E-state index in [0.717, 1.165) is 17.8 Å². The predicted molar refractivity (Wildman–Crippen MR) is 68.5 cm³/mol. The molecular weight excluding hydrogens is 328 g/mol. The number of aryl methyl sites for hydroxylation is 1. The van der Waals surface area contributed by atoms with Gasteiger partial charge >= 0.3 is 0 Å². The molecular formula is C9H13BrN2O3S2. The normalized spacial score (nSPS) is 19.0. The van der Waals surface area contributed by atoms with Crippen molar-refractivity contribution >= 4 is 37.3 Å². The van der Waals surface area contributed by atoms with Gasteiger partial charge in [-0.05, 0) is 42.1 Å². The van der Waals surface area contributed by atoms with Crippen LogP contribution in [0.5, 0.6) is 0 Å². The molecule has 17 heavy (non-hydrogen) atoms. The Hall–Kier alpha value is -0.0200. The Morgan fingerprint density at radius 2 is 2.24 bits per heavy atom. The van der Waals surface area contributed by atoms with E-state index < -0.39 is 15.6 Å². The zero-order valence-corrected chi connectivity index (χ0v) is 12.5. The fraction of sp³-hybridized carbons (Fsp3) is 0.667. The smallest absolute Gasteiger partial charge is 0.268 e. The number of thiazole rings is 1. The van der Waals surface area contributed by atoms with Gasteiger partial charge in [-0.1, -0.05) is 11.3 Å². The van der Waals surface area contributed by atoms with E-state index in [4.69, 9.17) is 0 Å². The van der Waals surface area contributed by atoms with E-state index in [2.05, 4.69) is 25.6 Å². The summed E-state index contributed by atoms with van der Waals surface area (Å²) in [4.78, 5) is 3.97. The van der Waals surface area contributed by atoms with Crippen LogP contribution in [0.2, 0.25) is 0 Å². The van der Waals surface area contributed by atoms with Crippen molar-refractivity contribution in [1.82, 2.24) is 9.71 Å². The highest BCUT2D eigenvalue weighted by molar-refractivity contribution is 9.11. The zero-order valence-electron chi connectivity index (χ0n) is 9.23. The molecule has 0 radical (unpaired) electrons. The van der Waals surface area contributed by atoms with E-state index in [1.165, 1.54) is 0 Å². The van der Waals surface area contributed by atoms with Gasteiger partial charge in [0, 0.05) is 6.54 Å². The lowest BCUT2D eigenvalue weighted by molar-refractivity contribution is -0.0270. The molecule has 1 fully saturated rings. The minimum atomic E-state index is -3.60. The van der Waals surface area contributed by atoms with Crippen LogP contribution in [-0.4, -0.2) is 30.7 Å². The van der Waals surface area contributed by atoms with Crippen LogP contribution < -0.4 is 4.72 Å². The van der Waals surface area contributed by atoms with Crippen molar-refractivity contribution in [2.45, 2.75) is 36.1 Å². The maximum absolute atomic E-state index is 11.9. The van der Waals surface area contributed by atoms with Crippen molar-refractivity contribution in [3.63, 3.8) is 0 Å². The fourth-order valence-corrected chi connectivity index (χ4v) is 4.63. The predicted octanol–water partition coefficient (Wildman–Crippen LogP) is 1.41. The van der Waals surface area contributed by atoms with E-state index in [1.807, 2.05) is 0 Å². The van der Waals surface area contributed by atoms with Crippen LogP contribution in [0.1, 0.15) is 25.0 Å². The van der Waals surface area contributed by atoms with E-state index in [0.29, 0.717) is 22.3 Å². The van der Waals surface area contributed by atoms with Gasteiger partial charge in [0.15, 0.2) is 0 Å². The van der Waals surface area contributed by atoms with Gasteiger partial charge in [0.05, 0.1) is 15.1 Å². The summed E-state index contributed by atoms with van der Waals surface area (Å²) in [5, 5.41) is 9.83. The van der Waals surface area contributed by atoms with E-state index >= 15 is 0 Å². The van der Waals surface area contributed by atoms with Gasteiger partial charge in [-0.3, -0.25) is 0 Å². The lowest BCUT2D eigenvalue weighted by atomic mass is 9.81. The fourth-order valence-electron chi connectivity index (χ4n) is 1.52. The van der Waals surface area contributed by atoms with Crippen molar-refractivity contribution in [2.24, 2.45) is 0 Å². The van der Waals surface area contributed by atoms with Gasteiger partial charge in [-0.25, -0.2) is 18.1 Å². The summed E-state index contributed by atoms with van der Waals surface area (Å²) in [6.07, 6.45) is 2.24. The molecule has 1 heterocycles. The van der Waals surface area contributed by atoms with Gasteiger partial charge in [-0.15, -0.1) is 0 Å². The van der Waals surface area contributed by atoms with Crippen molar-refractivity contribution in [3.05, 3.63) is 9.48 Å². The summed E-state index contributed by atoms with van der Waals surface area (Å²) >= 11 is 4.31. The van der Waals surface area contributed by atoms with Crippen LogP contribution in [0, 0.1) is 6.92 Å². The summed E-state index contributed by atoms with van der Waals surface area (Å²) in [6.45, 7) is 1.80. The Morgan fingerprint density at radius 1 is 1.59 bits per heavy atom. The van der Waals surface area contributed by atoms with Crippen molar-refractivity contribution in [3.8, 4) is 0 Å².